The minimum absolute atomic E-state index is 0.202. The first-order valence-electron chi connectivity index (χ1n) is 12.1. The first kappa shape index (κ1) is 24.0. The molecule has 3 atom stereocenters. The smallest absolute Gasteiger partial charge is 0.146 e. The van der Waals surface area contributed by atoms with E-state index >= 15 is 0 Å². The van der Waals surface area contributed by atoms with E-state index < -0.39 is 20.4 Å². The fourth-order valence-electron chi connectivity index (χ4n) is 5.46. The van der Waals surface area contributed by atoms with Crippen molar-refractivity contribution in [2.24, 2.45) is 5.92 Å². The van der Waals surface area contributed by atoms with Crippen LogP contribution in [0.4, 0.5) is 0 Å². The van der Waals surface area contributed by atoms with Crippen LogP contribution in [0.25, 0.3) is 0 Å². The van der Waals surface area contributed by atoms with Crippen molar-refractivity contribution in [2.75, 3.05) is 6.16 Å². The number of benzene rings is 4. The standard InChI is InChI=1S/C30H30O3P2/c31-30-22-29(35(33,27-17-9-3-10-18-27)28-19-11-4-12-20-28)21-24(30)23-34(32,25-13-5-1-6-14-25)26-15-7-2-8-16-26/h1-20,24,29-31H,21-23H2/t24-,29-,30+/m0/s1. The largest absolute Gasteiger partial charge is 0.393 e. The number of rotatable bonds is 7. The Morgan fingerprint density at radius 2 is 0.943 bits per heavy atom. The van der Waals surface area contributed by atoms with E-state index in [-0.39, 0.29) is 11.6 Å². The van der Waals surface area contributed by atoms with Gasteiger partial charge in [0.25, 0.3) is 0 Å². The van der Waals surface area contributed by atoms with Gasteiger partial charge in [-0.05, 0) is 18.8 Å². The summed E-state index contributed by atoms with van der Waals surface area (Å²) in [5.74, 6) is -0.202. The lowest BCUT2D eigenvalue weighted by Gasteiger charge is -2.26. The molecule has 4 aromatic rings. The molecule has 0 saturated heterocycles. The Bertz CT molecular complexity index is 1250. The Hall–Kier alpha value is -2.70. The Balaban J connectivity index is 1.51. The first-order chi connectivity index (χ1) is 17.0. The Morgan fingerprint density at radius 3 is 1.34 bits per heavy atom. The Morgan fingerprint density at radius 1 is 0.571 bits per heavy atom. The van der Waals surface area contributed by atoms with Gasteiger partial charge in [0.2, 0.25) is 0 Å². The van der Waals surface area contributed by atoms with Crippen molar-refractivity contribution in [2.45, 2.75) is 24.6 Å². The highest BCUT2D eigenvalue weighted by atomic mass is 31.2. The van der Waals surface area contributed by atoms with Gasteiger partial charge in [0, 0.05) is 33.0 Å². The second-order valence-electron chi connectivity index (χ2n) is 9.38. The third kappa shape index (κ3) is 4.62. The van der Waals surface area contributed by atoms with E-state index in [1.165, 1.54) is 0 Å². The summed E-state index contributed by atoms with van der Waals surface area (Å²) in [6.07, 6.45) is 0.727. The Labute approximate surface area is 207 Å². The maximum absolute atomic E-state index is 14.8. The predicted octanol–water partition coefficient (Wildman–Crippen LogP) is 5.15. The van der Waals surface area contributed by atoms with Crippen LogP contribution in [0.3, 0.4) is 0 Å². The van der Waals surface area contributed by atoms with E-state index in [0.29, 0.717) is 19.0 Å². The minimum Gasteiger partial charge on any atom is -0.393 e. The van der Waals surface area contributed by atoms with E-state index in [9.17, 15) is 14.2 Å². The highest BCUT2D eigenvalue weighted by Gasteiger charge is 2.47. The van der Waals surface area contributed by atoms with E-state index in [1.54, 1.807) is 0 Å². The summed E-state index contributed by atoms with van der Waals surface area (Å²) >= 11 is 0. The van der Waals surface area contributed by atoms with Gasteiger partial charge in [-0.15, -0.1) is 0 Å². The van der Waals surface area contributed by atoms with Gasteiger partial charge >= 0.3 is 0 Å². The molecule has 0 amide bonds. The molecule has 1 N–H and O–H groups in total. The maximum atomic E-state index is 14.8. The third-order valence-electron chi connectivity index (χ3n) is 7.26. The van der Waals surface area contributed by atoms with Crippen molar-refractivity contribution >= 4 is 35.5 Å². The van der Waals surface area contributed by atoms with Gasteiger partial charge in [0.05, 0.1) is 6.10 Å². The van der Waals surface area contributed by atoms with Crippen molar-refractivity contribution in [3.8, 4) is 0 Å². The quantitative estimate of drug-likeness (QED) is 0.357. The number of hydrogen-bond acceptors (Lipinski definition) is 3. The molecule has 178 valence electrons. The average Bonchev–Trinajstić information content (AvgIpc) is 3.30. The van der Waals surface area contributed by atoms with Gasteiger partial charge in [0.15, 0.2) is 0 Å². The Kier molecular flexibility index (Phi) is 6.94. The van der Waals surface area contributed by atoms with Crippen LogP contribution in [0.15, 0.2) is 121 Å². The number of aliphatic hydroxyl groups is 1. The lowest BCUT2D eigenvalue weighted by molar-refractivity contribution is 0.142. The molecule has 1 aliphatic rings. The van der Waals surface area contributed by atoms with Crippen molar-refractivity contribution in [1.82, 2.24) is 0 Å². The SMILES string of the molecule is O=P(C[C@@H]1C[C@H](P(=O)(c2ccccc2)c2ccccc2)C[C@H]1O)(c1ccccc1)c1ccccc1. The zero-order valence-electron chi connectivity index (χ0n) is 19.6. The van der Waals surface area contributed by atoms with Gasteiger partial charge in [-0.2, -0.15) is 0 Å². The summed E-state index contributed by atoms with van der Waals surface area (Å²) in [6.45, 7) is 0. The summed E-state index contributed by atoms with van der Waals surface area (Å²) in [6, 6.07) is 38.5. The molecule has 1 fully saturated rings. The zero-order chi connectivity index (χ0) is 24.3. The van der Waals surface area contributed by atoms with Gasteiger partial charge < -0.3 is 14.2 Å². The van der Waals surface area contributed by atoms with Crippen LogP contribution in [0.1, 0.15) is 12.8 Å². The molecule has 0 bridgehead atoms. The van der Waals surface area contributed by atoms with Gasteiger partial charge in [0.1, 0.15) is 14.3 Å². The molecule has 5 rings (SSSR count). The van der Waals surface area contributed by atoms with Crippen LogP contribution >= 0.6 is 14.3 Å². The molecule has 4 aromatic carbocycles. The van der Waals surface area contributed by atoms with Crippen LogP contribution < -0.4 is 21.2 Å². The minimum atomic E-state index is -3.01. The van der Waals surface area contributed by atoms with Crippen molar-refractivity contribution in [3.63, 3.8) is 0 Å². The summed E-state index contributed by atoms with van der Waals surface area (Å²) in [5.41, 5.74) is -0.202. The van der Waals surface area contributed by atoms with Gasteiger partial charge in [-0.3, -0.25) is 0 Å². The second kappa shape index (κ2) is 10.1. The van der Waals surface area contributed by atoms with Crippen LogP contribution in [-0.4, -0.2) is 23.0 Å². The van der Waals surface area contributed by atoms with Crippen molar-refractivity contribution in [3.05, 3.63) is 121 Å². The second-order valence-corrected chi connectivity index (χ2v) is 15.3. The molecule has 0 aromatic heterocycles. The molecule has 0 radical (unpaired) electrons. The van der Waals surface area contributed by atoms with Gasteiger partial charge in [-0.1, -0.05) is 121 Å². The topological polar surface area (TPSA) is 54.4 Å². The number of aliphatic hydroxyl groups excluding tert-OH is 1. The summed E-state index contributed by atoms with van der Waals surface area (Å²) in [4.78, 5) is 0. The molecule has 35 heavy (non-hydrogen) atoms. The molecule has 1 aliphatic carbocycles. The number of hydrogen-bond donors (Lipinski definition) is 1. The average molecular weight is 501 g/mol. The van der Waals surface area contributed by atoms with Crippen LogP contribution in [-0.2, 0) is 9.13 Å². The van der Waals surface area contributed by atoms with Gasteiger partial charge in [-0.25, -0.2) is 0 Å². The lowest BCUT2D eigenvalue weighted by atomic mass is 10.1. The zero-order valence-corrected chi connectivity index (χ0v) is 21.3. The summed E-state index contributed by atoms with van der Waals surface area (Å²) < 4.78 is 29.5. The molecule has 3 nitrogen and oxygen atoms in total. The monoisotopic (exact) mass is 500 g/mol. The molecule has 0 spiro atoms. The highest BCUT2D eigenvalue weighted by Crippen LogP contribution is 2.58. The fourth-order valence-corrected chi connectivity index (χ4v) is 12.0. The van der Waals surface area contributed by atoms with Crippen LogP contribution in [0, 0.1) is 5.92 Å². The molecular formula is C30H30O3P2. The highest BCUT2D eigenvalue weighted by molar-refractivity contribution is 7.79. The van der Waals surface area contributed by atoms with Crippen molar-refractivity contribution in [1.29, 1.82) is 0 Å². The third-order valence-corrected chi connectivity index (χ3v) is 14.1. The van der Waals surface area contributed by atoms with Crippen LogP contribution in [0.5, 0.6) is 0 Å². The van der Waals surface area contributed by atoms with Crippen molar-refractivity contribution < 1.29 is 14.2 Å². The molecule has 0 unspecified atom stereocenters. The molecule has 1 saturated carbocycles. The summed E-state index contributed by atoms with van der Waals surface area (Å²) in [7, 11) is -5.99. The maximum Gasteiger partial charge on any atom is 0.146 e. The molecule has 0 aliphatic heterocycles. The first-order valence-corrected chi connectivity index (χ1v) is 15.8. The predicted molar refractivity (Wildman–Crippen MR) is 147 cm³/mol. The van der Waals surface area contributed by atoms with E-state index in [1.807, 2.05) is 121 Å². The molecule has 5 heteroatoms. The van der Waals surface area contributed by atoms with Crippen LogP contribution in [0.2, 0.25) is 0 Å². The fraction of sp³-hybridized carbons (Fsp3) is 0.200. The summed E-state index contributed by atoms with van der Waals surface area (Å²) in [5, 5.41) is 14.5. The van der Waals surface area contributed by atoms with E-state index in [4.69, 9.17) is 0 Å². The molecular weight excluding hydrogens is 470 g/mol. The normalized spacial score (nSPS) is 20.5. The molecule has 0 heterocycles. The lowest BCUT2D eigenvalue weighted by Crippen LogP contribution is -2.26. The van der Waals surface area contributed by atoms with E-state index in [2.05, 4.69) is 0 Å². The van der Waals surface area contributed by atoms with E-state index in [0.717, 1.165) is 21.2 Å².